The van der Waals surface area contributed by atoms with E-state index >= 15 is 0 Å². The van der Waals surface area contributed by atoms with Crippen molar-refractivity contribution in [2.45, 2.75) is 46.6 Å². The number of hydrogen-bond donors (Lipinski definition) is 2. The summed E-state index contributed by atoms with van der Waals surface area (Å²) in [4.78, 5) is 11.9. The highest BCUT2D eigenvalue weighted by molar-refractivity contribution is 5.82. The molecule has 0 saturated carbocycles. The number of ketones is 1. The molecule has 0 saturated heterocycles. The maximum Gasteiger partial charge on any atom is 0.139 e. The van der Waals surface area contributed by atoms with Crippen LogP contribution in [0, 0.1) is 11.8 Å². The summed E-state index contributed by atoms with van der Waals surface area (Å²) in [5, 5.41) is 3.33. The molecule has 0 spiro atoms. The van der Waals surface area contributed by atoms with Crippen LogP contribution < -0.4 is 11.1 Å². The summed E-state index contributed by atoms with van der Waals surface area (Å²) in [5.74, 6) is 0.620. The van der Waals surface area contributed by atoms with Crippen LogP contribution in [0.1, 0.15) is 40.5 Å². The van der Waals surface area contributed by atoms with Crippen LogP contribution in [0.2, 0.25) is 0 Å². The Morgan fingerprint density at radius 1 is 1.27 bits per heavy atom. The van der Waals surface area contributed by atoms with Gasteiger partial charge >= 0.3 is 0 Å². The number of hydrogen-bond acceptors (Lipinski definition) is 3. The lowest BCUT2D eigenvalue weighted by atomic mass is 9.91. The second-order valence-electron chi connectivity index (χ2n) is 4.75. The molecule has 1 unspecified atom stereocenters. The molecule has 0 aromatic carbocycles. The second-order valence-corrected chi connectivity index (χ2v) is 4.75. The molecule has 0 heterocycles. The first-order valence-corrected chi connectivity index (χ1v) is 5.96. The van der Waals surface area contributed by atoms with Gasteiger partial charge in [-0.05, 0) is 19.4 Å². The van der Waals surface area contributed by atoms with E-state index in [0.29, 0.717) is 18.4 Å². The first kappa shape index (κ1) is 14.6. The smallest absolute Gasteiger partial charge is 0.139 e. The van der Waals surface area contributed by atoms with Crippen LogP contribution in [0.3, 0.4) is 0 Å². The van der Waals surface area contributed by atoms with Crippen LogP contribution in [-0.4, -0.2) is 24.9 Å². The van der Waals surface area contributed by atoms with Crippen molar-refractivity contribution in [1.29, 1.82) is 0 Å². The summed E-state index contributed by atoms with van der Waals surface area (Å²) < 4.78 is 0. The first-order chi connectivity index (χ1) is 6.99. The molecule has 0 aliphatic carbocycles. The lowest BCUT2D eigenvalue weighted by Gasteiger charge is -2.19. The molecule has 0 amide bonds. The molecule has 3 heteroatoms. The zero-order chi connectivity index (χ0) is 11.8. The second kappa shape index (κ2) is 7.83. The first-order valence-electron chi connectivity index (χ1n) is 5.96. The molecule has 0 aliphatic heterocycles. The highest BCUT2D eigenvalue weighted by Crippen LogP contribution is 2.12. The van der Waals surface area contributed by atoms with Gasteiger partial charge in [-0.1, -0.05) is 27.7 Å². The number of nitrogens with one attached hydrogen (secondary N) is 1. The Balaban J connectivity index is 4.11. The van der Waals surface area contributed by atoms with Gasteiger partial charge in [-0.15, -0.1) is 0 Å². The third-order valence-electron chi connectivity index (χ3n) is 2.50. The molecule has 1 atom stereocenters. The summed E-state index contributed by atoms with van der Waals surface area (Å²) in [7, 11) is 0. The summed E-state index contributed by atoms with van der Waals surface area (Å²) in [6, 6.07) is 0.435. The summed E-state index contributed by atoms with van der Waals surface area (Å²) in [6.45, 7) is 9.58. The van der Waals surface area contributed by atoms with E-state index in [1.165, 1.54) is 0 Å². The molecule has 0 bridgehead atoms. The van der Waals surface area contributed by atoms with Gasteiger partial charge in [-0.2, -0.15) is 0 Å². The van der Waals surface area contributed by atoms with E-state index in [1.54, 1.807) is 0 Å². The Morgan fingerprint density at radius 3 is 2.27 bits per heavy atom. The average molecular weight is 214 g/mol. The fourth-order valence-corrected chi connectivity index (χ4v) is 1.56. The van der Waals surface area contributed by atoms with Gasteiger partial charge in [-0.3, -0.25) is 4.79 Å². The maximum atomic E-state index is 11.9. The molecule has 3 nitrogen and oxygen atoms in total. The zero-order valence-electron chi connectivity index (χ0n) is 10.5. The minimum absolute atomic E-state index is 0.127. The molecule has 15 heavy (non-hydrogen) atoms. The highest BCUT2D eigenvalue weighted by atomic mass is 16.1. The molecular formula is C12H26N2O. The lowest BCUT2D eigenvalue weighted by Crippen LogP contribution is -2.34. The molecule has 0 radical (unpaired) electrons. The van der Waals surface area contributed by atoms with Gasteiger partial charge < -0.3 is 11.1 Å². The Labute approximate surface area is 93.8 Å². The number of rotatable bonds is 8. The van der Waals surface area contributed by atoms with Gasteiger partial charge in [-0.25, -0.2) is 0 Å². The topological polar surface area (TPSA) is 55.1 Å². The van der Waals surface area contributed by atoms with Crippen LogP contribution >= 0.6 is 0 Å². The van der Waals surface area contributed by atoms with Crippen molar-refractivity contribution in [3.8, 4) is 0 Å². The van der Waals surface area contributed by atoms with Gasteiger partial charge in [0.15, 0.2) is 0 Å². The van der Waals surface area contributed by atoms with Crippen molar-refractivity contribution in [3.63, 3.8) is 0 Å². The van der Waals surface area contributed by atoms with Crippen LogP contribution in [0.25, 0.3) is 0 Å². The molecule has 90 valence electrons. The standard InChI is InChI=1S/C12H26N2O/c1-9(2)12(15)11(6-5-7-13)8-14-10(3)4/h9-11,14H,5-8,13H2,1-4H3. The quantitative estimate of drug-likeness (QED) is 0.645. The minimum atomic E-state index is 0.127. The molecule has 3 N–H and O–H groups in total. The van der Waals surface area contributed by atoms with E-state index in [2.05, 4.69) is 19.2 Å². The number of carbonyl (C=O) groups is 1. The van der Waals surface area contributed by atoms with Gasteiger partial charge in [0.05, 0.1) is 0 Å². The Bertz CT molecular complexity index is 178. The normalized spacial score (nSPS) is 13.5. The molecule has 0 aliphatic rings. The summed E-state index contributed by atoms with van der Waals surface area (Å²) >= 11 is 0. The van der Waals surface area contributed by atoms with E-state index in [0.717, 1.165) is 19.4 Å². The summed E-state index contributed by atoms with van der Waals surface area (Å²) in [5.41, 5.74) is 5.48. The maximum absolute atomic E-state index is 11.9. The van der Waals surface area contributed by atoms with Crippen molar-refractivity contribution < 1.29 is 4.79 Å². The predicted octanol–water partition coefficient (Wildman–Crippen LogP) is 1.56. The molecule has 0 fully saturated rings. The van der Waals surface area contributed by atoms with E-state index in [4.69, 9.17) is 5.73 Å². The van der Waals surface area contributed by atoms with E-state index in [-0.39, 0.29) is 11.8 Å². The largest absolute Gasteiger partial charge is 0.330 e. The van der Waals surface area contributed by atoms with Gasteiger partial charge in [0.1, 0.15) is 5.78 Å². The van der Waals surface area contributed by atoms with E-state index in [9.17, 15) is 4.79 Å². The monoisotopic (exact) mass is 214 g/mol. The van der Waals surface area contributed by atoms with Crippen molar-refractivity contribution >= 4 is 5.78 Å². The average Bonchev–Trinajstić information content (AvgIpc) is 2.16. The summed E-state index contributed by atoms with van der Waals surface area (Å²) in [6.07, 6.45) is 1.84. The highest BCUT2D eigenvalue weighted by Gasteiger charge is 2.20. The Hall–Kier alpha value is -0.410. The van der Waals surface area contributed by atoms with Crippen LogP contribution in [0.15, 0.2) is 0 Å². The minimum Gasteiger partial charge on any atom is -0.330 e. The van der Waals surface area contributed by atoms with Crippen molar-refractivity contribution in [1.82, 2.24) is 5.32 Å². The van der Waals surface area contributed by atoms with Gasteiger partial charge in [0.2, 0.25) is 0 Å². The van der Waals surface area contributed by atoms with E-state index < -0.39 is 0 Å². The lowest BCUT2D eigenvalue weighted by molar-refractivity contribution is -0.125. The van der Waals surface area contributed by atoms with Crippen molar-refractivity contribution in [2.75, 3.05) is 13.1 Å². The molecule has 0 aromatic heterocycles. The van der Waals surface area contributed by atoms with Crippen molar-refractivity contribution in [3.05, 3.63) is 0 Å². The van der Waals surface area contributed by atoms with Crippen LogP contribution in [0.4, 0.5) is 0 Å². The zero-order valence-corrected chi connectivity index (χ0v) is 10.5. The molecule has 0 rings (SSSR count). The SMILES string of the molecule is CC(C)NCC(CCCN)C(=O)C(C)C. The van der Waals surface area contributed by atoms with Crippen LogP contribution in [0.5, 0.6) is 0 Å². The number of Topliss-reactive ketones (excluding diaryl/α,β-unsaturated/α-hetero) is 1. The number of carbonyl (C=O) groups excluding carboxylic acids is 1. The Morgan fingerprint density at radius 2 is 1.87 bits per heavy atom. The molecule has 0 aromatic rings. The van der Waals surface area contributed by atoms with Crippen LogP contribution in [-0.2, 0) is 4.79 Å². The van der Waals surface area contributed by atoms with Crippen molar-refractivity contribution in [2.24, 2.45) is 17.6 Å². The van der Waals surface area contributed by atoms with Gasteiger partial charge in [0.25, 0.3) is 0 Å². The number of nitrogens with two attached hydrogens (primary N) is 1. The fraction of sp³-hybridized carbons (Fsp3) is 0.917. The van der Waals surface area contributed by atoms with E-state index in [1.807, 2.05) is 13.8 Å². The Kier molecular flexibility index (Phi) is 7.61. The van der Waals surface area contributed by atoms with Gasteiger partial charge in [0, 0.05) is 24.4 Å². The predicted molar refractivity (Wildman–Crippen MR) is 64.8 cm³/mol. The molecular weight excluding hydrogens is 188 g/mol. The third kappa shape index (κ3) is 6.63. The fourth-order valence-electron chi connectivity index (χ4n) is 1.56. The third-order valence-corrected chi connectivity index (χ3v) is 2.50.